The maximum Gasteiger partial charge on any atom is 0.407 e. The van der Waals surface area contributed by atoms with Gasteiger partial charge in [-0.3, -0.25) is 0 Å². The Balaban J connectivity index is 1.75. The fourth-order valence-corrected chi connectivity index (χ4v) is 2.71. The molecule has 0 saturated heterocycles. The number of nitrogens with one attached hydrogen (secondary N) is 2. The fourth-order valence-electron chi connectivity index (χ4n) is 2.71. The van der Waals surface area contributed by atoms with Crippen molar-refractivity contribution in [2.24, 2.45) is 0 Å². The third kappa shape index (κ3) is 5.08. The number of furan rings is 1. The lowest BCUT2D eigenvalue weighted by atomic mass is 10.2. The van der Waals surface area contributed by atoms with E-state index >= 15 is 0 Å². The third-order valence-corrected chi connectivity index (χ3v) is 3.61. The van der Waals surface area contributed by atoms with Crippen molar-refractivity contribution in [1.29, 1.82) is 0 Å². The first-order valence-corrected chi connectivity index (χ1v) is 7.62. The summed E-state index contributed by atoms with van der Waals surface area (Å²) < 4.78 is 10.7. The first-order valence-electron chi connectivity index (χ1n) is 7.62. The minimum Gasteiger partial charge on any atom is -0.468 e. The number of amides is 1. The Morgan fingerprint density at radius 3 is 2.71 bits per heavy atom. The summed E-state index contributed by atoms with van der Waals surface area (Å²) in [5.74, 6) is 0.943. The number of carbonyl (C=O) groups excluding carboxylic acids is 1. The van der Waals surface area contributed by atoms with E-state index in [0.717, 1.165) is 25.0 Å². The summed E-state index contributed by atoms with van der Waals surface area (Å²) >= 11 is 0. The molecule has 5 heteroatoms. The highest BCUT2D eigenvalue weighted by molar-refractivity contribution is 5.68. The molecule has 1 heterocycles. The molecule has 21 heavy (non-hydrogen) atoms. The van der Waals surface area contributed by atoms with Crippen LogP contribution < -0.4 is 10.6 Å². The average Bonchev–Trinajstić information content (AvgIpc) is 2.97. The van der Waals surface area contributed by atoms with Crippen LogP contribution in [0.5, 0.6) is 0 Å². The van der Waals surface area contributed by atoms with Gasteiger partial charge < -0.3 is 19.8 Å². The molecule has 0 aromatic carbocycles. The molecule has 1 aliphatic carbocycles. The Bertz CT molecular complexity index is 451. The predicted molar refractivity (Wildman–Crippen MR) is 81.1 cm³/mol. The van der Waals surface area contributed by atoms with Crippen molar-refractivity contribution < 1.29 is 13.9 Å². The summed E-state index contributed by atoms with van der Waals surface area (Å²) in [7, 11) is 0. The van der Waals surface area contributed by atoms with Gasteiger partial charge in [-0.1, -0.05) is 0 Å². The molecule has 3 atom stereocenters. The second kappa shape index (κ2) is 6.52. The number of alkyl carbamates (subject to hydrolysis) is 1. The molecule has 1 aromatic heterocycles. The molecule has 0 aliphatic heterocycles. The Labute approximate surface area is 126 Å². The van der Waals surface area contributed by atoms with Gasteiger partial charge in [0.15, 0.2) is 0 Å². The molecule has 0 radical (unpaired) electrons. The highest BCUT2D eigenvalue weighted by atomic mass is 16.6. The van der Waals surface area contributed by atoms with Crippen molar-refractivity contribution in [3.8, 4) is 0 Å². The van der Waals surface area contributed by atoms with Crippen LogP contribution in [-0.2, 0) is 4.74 Å². The largest absolute Gasteiger partial charge is 0.468 e. The van der Waals surface area contributed by atoms with Crippen LogP contribution in [0, 0.1) is 0 Å². The molecule has 0 bridgehead atoms. The lowest BCUT2D eigenvalue weighted by Gasteiger charge is -2.22. The monoisotopic (exact) mass is 294 g/mol. The van der Waals surface area contributed by atoms with E-state index in [-0.39, 0.29) is 18.2 Å². The van der Waals surface area contributed by atoms with Crippen LogP contribution in [0.3, 0.4) is 0 Å². The van der Waals surface area contributed by atoms with Gasteiger partial charge in [-0.2, -0.15) is 0 Å². The predicted octanol–water partition coefficient (Wildman–Crippen LogP) is 3.38. The minimum atomic E-state index is -0.450. The summed E-state index contributed by atoms with van der Waals surface area (Å²) in [6, 6.07) is 4.63. The zero-order valence-electron chi connectivity index (χ0n) is 13.3. The molecule has 2 N–H and O–H groups in total. The van der Waals surface area contributed by atoms with Crippen LogP contribution in [0.25, 0.3) is 0 Å². The fraction of sp³-hybridized carbons (Fsp3) is 0.688. The molecule has 5 nitrogen and oxygen atoms in total. The van der Waals surface area contributed by atoms with Crippen LogP contribution in [-0.4, -0.2) is 23.8 Å². The summed E-state index contributed by atoms with van der Waals surface area (Å²) in [6.07, 6.45) is 4.30. The Morgan fingerprint density at radius 2 is 2.10 bits per heavy atom. The molecule has 1 fully saturated rings. The van der Waals surface area contributed by atoms with Gasteiger partial charge in [-0.05, 0) is 59.1 Å². The van der Waals surface area contributed by atoms with E-state index < -0.39 is 5.60 Å². The van der Waals surface area contributed by atoms with Crippen LogP contribution in [0.15, 0.2) is 22.8 Å². The van der Waals surface area contributed by atoms with Crippen molar-refractivity contribution in [3.63, 3.8) is 0 Å². The van der Waals surface area contributed by atoms with Gasteiger partial charge in [-0.25, -0.2) is 4.79 Å². The van der Waals surface area contributed by atoms with Gasteiger partial charge in [0, 0.05) is 12.1 Å². The Morgan fingerprint density at radius 1 is 1.38 bits per heavy atom. The van der Waals surface area contributed by atoms with E-state index in [4.69, 9.17) is 9.15 Å². The van der Waals surface area contributed by atoms with Crippen molar-refractivity contribution in [2.75, 3.05) is 0 Å². The average molecular weight is 294 g/mol. The quantitative estimate of drug-likeness (QED) is 0.893. The van der Waals surface area contributed by atoms with Gasteiger partial charge in [0.2, 0.25) is 0 Å². The van der Waals surface area contributed by atoms with Crippen molar-refractivity contribution >= 4 is 6.09 Å². The zero-order valence-corrected chi connectivity index (χ0v) is 13.3. The number of ether oxygens (including phenoxy) is 1. The number of hydrogen-bond donors (Lipinski definition) is 2. The molecule has 0 spiro atoms. The van der Waals surface area contributed by atoms with Crippen molar-refractivity contribution in [3.05, 3.63) is 24.2 Å². The Kier molecular flexibility index (Phi) is 4.93. The van der Waals surface area contributed by atoms with Crippen molar-refractivity contribution in [1.82, 2.24) is 10.6 Å². The number of carbonyl (C=O) groups is 1. The van der Waals surface area contributed by atoms with Crippen LogP contribution in [0.1, 0.15) is 58.8 Å². The molecule has 1 saturated carbocycles. The maximum atomic E-state index is 11.8. The standard InChI is InChI=1S/C16H26N2O3/c1-11(14-6-5-9-20-14)17-12-7-8-13(10-12)18-15(19)21-16(2,3)4/h5-6,9,11-13,17H,7-8,10H2,1-4H3,(H,18,19). The minimum absolute atomic E-state index is 0.182. The van der Waals surface area contributed by atoms with E-state index in [0.29, 0.717) is 6.04 Å². The van der Waals surface area contributed by atoms with Gasteiger partial charge in [0.25, 0.3) is 0 Å². The molecule has 2 rings (SSSR count). The second-order valence-electron chi connectivity index (χ2n) is 6.76. The van der Waals surface area contributed by atoms with Gasteiger partial charge in [0.05, 0.1) is 12.3 Å². The molecule has 3 unspecified atom stereocenters. The van der Waals surface area contributed by atoms with E-state index in [1.807, 2.05) is 32.9 Å². The SMILES string of the molecule is CC(NC1CCC(NC(=O)OC(C)(C)C)C1)c1ccco1. The van der Waals surface area contributed by atoms with Crippen LogP contribution >= 0.6 is 0 Å². The summed E-state index contributed by atoms with van der Waals surface area (Å²) in [5.41, 5.74) is -0.450. The van der Waals surface area contributed by atoms with Gasteiger partial charge >= 0.3 is 6.09 Å². The summed E-state index contributed by atoms with van der Waals surface area (Å²) in [6.45, 7) is 7.71. The molecular weight excluding hydrogens is 268 g/mol. The third-order valence-electron chi connectivity index (χ3n) is 3.61. The number of hydrogen-bond acceptors (Lipinski definition) is 4. The summed E-state index contributed by atoms with van der Waals surface area (Å²) in [5, 5.41) is 6.50. The maximum absolute atomic E-state index is 11.8. The Hall–Kier alpha value is -1.49. The second-order valence-corrected chi connectivity index (χ2v) is 6.76. The zero-order chi connectivity index (χ0) is 15.5. The van der Waals surface area contributed by atoms with Crippen molar-refractivity contribution in [2.45, 2.75) is 70.7 Å². The van der Waals surface area contributed by atoms with E-state index in [1.165, 1.54) is 0 Å². The first-order chi connectivity index (χ1) is 9.83. The van der Waals surface area contributed by atoms with E-state index in [2.05, 4.69) is 17.6 Å². The molecular formula is C16H26N2O3. The highest BCUT2D eigenvalue weighted by Gasteiger charge is 2.28. The van der Waals surface area contributed by atoms with Crippen LogP contribution in [0.2, 0.25) is 0 Å². The highest BCUT2D eigenvalue weighted by Crippen LogP contribution is 2.23. The normalized spacial score (nSPS) is 23.8. The molecule has 118 valence electrons. The summed E-state index contributed by atoms with van der Waals surface area (Å²) in [4.78, 5) is 11.8. The smallest absolute Gasteiger partial charge is 0.407 e. The van der Waals surface area contributed by atoms with Gasteiger partial charge in [-0.15, -0.1) is 0 Å². The number of rotatable bonds is 4. The topological polar surface area (TPSA) is 63.5 Å². The lowest BCUT2D eigenvalue weighted by Crippen LogP contribution is -2.39. The van der Waals surface area contributed by atoms with E-state index in [1.54, 1.807) is 6.26 Å². The lowest BCUT2D eigenvalue weighted by molar-refractivity contribution is 0.0505. The first kappa shape index (κ1) is 15.9. The van der Waals surface area contributed by atoms with E-state index in [9.17, 15) is 4.79 Å². The molecule has 1 aliphatic rings. The van der Waals surface area contributed by atoms with Crippen LogP contribution in [0.4, 0.5) is 4.79 Å². The molecule has 1 aromatic rings. The van der Waals surface area contributed by atoms with Gasteiger partial charge in [0.1, 0.15) is 11.4 Å². The molecule has 1 amide bonds.